The van der Waals surface area contributed by atoms with Crippen LogP contribution in [0.3, 0.4) is 0 Å². The maximum absolute atomic E-state index is 12.4. The first kappa shape index (κ1) is 15.3. The number of hydrogen-bond acceptors (Lipinski definition) is 2. The van der Waals surface area contributed by atoms with Gasteiger partial charge in [-0.15, -0.1) is 0 Å². The van der Waals surface area contributed by atoms with Gasteiger partial charge in [0.05, 0.1) is 5.41 Å². The lowest BCUT2D eigenvalue weighted by Gasteiger charge is -2.35. The number of benzene rings is 1. The average molecular weight is 295 g/mol. The molecule has 110 valence electrons. The normalized spacial score (nSPS) is 22.5. The third-order valence-corrected chi connectivity index (χ3v) is 4.50. The van der Waals surface area contributed by atoms with Gasteiger partial charge >= 0.3 is 0 Å². The van der Waals surface area contributed by atoms with Crippen LogP contribution in [-0.2, 0) is 11.2 Å². The topological polar surface area (TPSA) is 41.1 Å². The molecule has 1 atom stereocenters. The SMILES string of the molecule is CCC1(C(=O)NCCc2ccc(Cl)cc2)CCCNC1. The molecule has 4 heteroatoms. The lowest BCUT2D eigenvalue weighted by molar-refractivity contribution is -0.132. The van der Waals surface area contributed by atoms with Crippen LogP contribution in [0.1, 0.15) is 31.7 Å². The molecule has 1 unspecified atom stereocenters. The van der Waals surface area contributed by atoms with Crippen LogP contribution in [0.4, 0.5) is 0 Å². The van der Waals surface area contributed by atoms with Crippen LogP contribution < -0.4 is 10.6 Å². The highest BCUT2D eigenvalue weighted by Gasteiger charge is 2.37. The van der Waals surface area contributed by atoms with E-state index in [0.29, 0.717) is 6.54 Å². The van der Waals surface area contributed by atoms with Gasteiger partial charge in [0.1, 0.15) is 0 Å². The largest absolute Gasteiger partial charge is 0.355 e. The Labute approximate surface area is 126 Å². The van der Waals surface area contributed by atoms with Gasteiger partial charge in [0, 0.05) is 18.1 Å². The molecule has 0 radical (unpaired) electrons. The Morgan fingerprint density at radius 2 is 2.15 bits per heavy atom. The molecule has 0 bridgehead atoms. The minimum Gasteiger partial charge on any atom is -0.355 e. The summed E-state index contributed by atoms with van der Waals surface area (Å²) >= 11 is 5.86. The maximum atomic E-state index is 12.4. The van der Waals surface area contributed by atoms with Gasteiger partial charge in [0.15, 0.2) is 0 Å². The summed E-state index contributed by atoms with van der Waals surface area (Å²) in [6.07, 6.45) is 3.81. The van der Waals surface area contributed by atoms with E-state index in [-0.39, 0.29) is 11.3 Å². The smallest absolute Gasteiger partial charge is 0.227 e. The summed E-state index contributed by atoms with van der Waals surface area (Å²) in [6.45, 7) is 4.62. The molecule has 1 saturated heterocycles. The highest BCUT2D eigenvalue weighted by atomic mass is 35.5. The van der Waals surface area contributed by atoms with Crippen molar-refractivity contribution in [1.29, 1.82) is 0 Å². The predicted octanol–water partition coefficient (Wildman–Crippen LogP) is 2.78. The zero-order chi connectivity index (χ0) is 14.4. The van der Waals surface area contributed by atoms with Crippen molar-refractivity contribution < 1.29 is 4.79 Å². The van der Waals surface area contributed by atoms with Crippen molar-refractivity contribution >= 4 is 17.5 Å². The van der Waals surface area contributed by atoms with E-state index >= 15 is 0 Å². The van der Waals surface area contributed by atoms with Crippen molar-refractivity contribution in [3.05, 3.63) is 34.9 Å². The summed E-state index contributed by atoms with van der Waals surface area (Å²) in [6, 6.07) is 7.78. The lowest BCUT2D eigenvalue weighted by atomic mass is 9.77. The molecule has 1 aliphatic rings. The fourth-order valence-electron chi connectivity index (χ4n) is 2.78. The molecule has 1 heterocycles. The average Bonchev–Trinajstić information content (AvgIpc) is 2.50. The Morgan fingerprint density at radius 1 is 1.40 bits per heavy atom. The molecule has 0 spiro atoms. The van der Waals surface area contributed by atoms with E-state index in [1.807, 2.05) is 24.3 Å². The Kier molecular flexibility index (Phi) is 5.44. The van der Waals surface area contributed by atoms with E-state index in [9.17, 15) is 4.79 Å². The first-order valence-electron chi connectivity index (χ1n) is 7.40. The predicted molar refractivity (Wildman–Crippen MR) is 83.0 cm³/mol. The quantitative estimate of drug-likeness (QED) is 0.877. The van der Waals surface area contributed by atoms with Gasteiger partial charge in [-0.05, 0) is 49.9 Å². The molecule has 0 saturated carbocycles. The monoisotopic (exact) mass is 294 g/mol. The fraction of sp³-hybridized carbons (Fsp3) is 0.562. The minimum absolute atomic E-state index is 0.196. The van der Waals surface area contributed by atoms with Gasteiger partial charge in [-0.2, -0.15) is 0 Å². The Morgan fingerprint density at radius 3 is 2.75 bits per heavy atom. The number of carbonyl (C=O) groups excluding carboxylic acids is 1. The summed E-state index contributed by atoms with van der Waals surface area (Å²) in [7, 11) is 0. The van der Waals surface area contributed by atoms with Crippen molar-refractivity contribution in [3.63, 3.8) is 0 Å². The van der Waals surface area contributed by atoms with Crippen LogP contribution in [0.25, 0.3) is 0 Å². The highest BCUT2D eigenvalue weighted by Crippen LogP contribution is 2.30. The summed E-state index contributed by atoms with van der Waals surface area (Å²) in [5.74, 6) is 0.196. The molecule has 1 fully saturated rings. The summed E-state index contributed by atoms with van der Waals surface area (Å²) < 4.78 is 0. The molecule has 2 N–H and O–H groups in total. The van der Waals surface area contributed by atoms with Gasteiger partial charge in [-0.25, -0.2) is 0 Å². The van der Waals surface area contributed by atoms with Gasteiger partial charge in [0.25, 0.3) is 0 Å². The second kappa shape index (κ2) is 7.09. The van der Waals surface area contributed by atoms with Crippen LogP contribution in [-0.4, -0.2) is 25.5 Å². The Bertz CT molecular complexity index is 438. The third-order valence-electron chi connectivity index (χ3n) is 4.24. The number of piperidine rings is 1. The van der Waals surface area contributed by atoms with Crippen LogP contribution >= 0.6 is 11.6 Å². The zero-order valence-corrected chi connectivity index (χ0v) is 12.8. The van der Waals surface area contributed by atoms with E-state index in [2.05, 4.69) is 17.6 Å². The fourth-order valence-corrected chi connectivity index (χ4v) is 2.91. The molecule has 20 heavy (non-hydrogen) atoms. The maximum Gasteiger partial charge on any atom is 0.227 e. The first-order chi connectivity index (χ1) is 9.66. The van der Waals surface area contributed by atoms with Crippen molar-refractivity contribution in [2.45, 2.75) is 32.6 Å². The second-order valence-corrected chi connectivity index (χ2v) is 5.98. The van der Waals surface area contributed by atoms with E-state index in [1.54, 1.807) is 0 Å². The second-order valence-electron chi connectivity index (χ2n) is 5.55. The number of hydrogen-bond donors (Lipinski definition) is 2. The van der Waals surface area contributed by atoms with Gasteiger partial charge in [0.2, 0.25) is 5.91 Å². The van der Waals surface area contributed by atoms with Crippen molar-refractivity contribution in [2.24, 2.45) is 5.41 Å². The van der Waals surface area contributed by atoms with Crippen LogP contribution in [0.15, 0.2) is 24.3 Å². The van der Waals surface area contributed by atoms with E-state index in [1.165, 1.54) is 5.56 Å². The number of amides is 1. The number of halogens is 1. The van der Waals surface area contributed by atoms with Crippen LogP contribution in [0, 0.1) is 5.41 Å². The van der Waals surface area contributed by atoms with Crippen LogP contribution in [0.2, 0.25) is 5.02 Å². The number of carbonyl (C=O) groups is 1. The van der Waals surface area contributed by atoms with E-state index in [0.717, 1.165) is 43.8 Å². The van der Waals surface area contributed by atoms with E-state index < -0.39 is 0 Å². The minimum atomic E-state index is -0.210. The molecular formula is C16H23ClN2O. The lowest BCUT2D eigenvalue weighted by Crippen LogP contribution is -2.50. The number of rotatable bonds is 5. The summed E-state index contributed by atoms with van der Waals surface area (Å²) in [4.78, 5) is 12.4. The molecule has 1 aromatic rings. The standard InChI is InChI=1S/C16H23ClN2O/c1-2-16(9-3-10-18-12-16)15(20)19-11-8-13-4-6-14(17)7-5-13/h4-7,18H,2-3,8-12H2,1H3,(H,19,20). The highest BCUT2D eigenvalue weighted by molar-refractivity contribution is 6.30. The van der Waals surface area contributed by atoms with E-state index in [4.69, 9.17) is 11.6 Å². The summed E-state index contributed by atoms with van der Waals surface area (Å²) in [5.41, 5.74) is 0.986. The molecule has 3 nitrogen and oxygen atoms in total. The van der Waals surface area contributed by atoms with Gasteiger partial charge < -0.3 is 10.6 Å². The number of nitrogens with one attached hydrogen (secondary N) is 2. The molecular weight excluding hydrogens is 272 g/mol. The Balaban J connectivity index is 1.83. The molecule has 0 aliphatic carbocycles. The molecule has 0 aromatic heterocycles. The molecule has 1 aliphatic heterocycles. The molecule has 2 rings (SSSR count). The molecule has 1 aromatic carbocycles. The summed E-state index contributed by atoms with van der Waals surface area (Å²) in [5, 5.41) is 7.19. The zero-order valence-electron chi connectivity index (χ0n) is 12.0. The van der Waals surface area contributed by atoms with Gasteiger partial charge in [-0.1, -0.05) is 30.7 Å². The van der Waals surface area contributed by atoms with Crippen molar-refractivity contribution in [2.75, 3.05) is 19.6 Å². The van der Waals surface area contributed by atoms with Crippen LogP contribution in [0.5, 0.6) is 0 Å². The van der Waals surface area contributed by atoms with Crippen molar-refractivity contribution in [1.82, 2.24) is 10.6 Å². The van der Waals surface area contributed by atoms with Gasteiger partial charge in [-0.3, -0.25) is 4.79 Å². The first-order valence-corrected chi connectivity index (χ1v) is 7.77. The Hall–Kier alpha value is -1.06. The van der Waals surface area contributed by atoms with Crippen molar-refractivity contribution in [3.8, 4) is 0 Å². The third kappa shape index (κ3) is 3.74. The molecule has 1 amide bonds.